The van der Waals surface area contributed by atoms with E-state index in [1.165, 1.54) is 0 Å². The highest BCUT2D eigenvalue weighted by atomic mass is 79.9. The summed E-state index contributed by atoms with van der Waals surface area (Å²) in [5.74, 6) is 0.612. The molecule has 2 aromatic rings. The van der Waals surface area contributed by atoms with Gasteiger partial charge in [0, 0.05) is 16.1 Å². The maximum Gasteiger partial charge on any atom is 0.252 e. The van der Waals surface area contributed by atoms with E-state index in [0.29, 0.717) is 17.9 Å². The van der Waals surface area contributed by atoms with Crippen LogP contribution in [0.1, 0.15) is 25.8 Å². The monoisotopic (exact) mass is 347 g/mol. The van der Waals surface area contributed by atoms with E-state index in [2.05, 4.69) is 26.3 Å². The summed E-state index contributed by atoms with van der Waals surface area (Å²) < 4.78 is 2.82. The molecule has 0 unspecified atom stereocenters. The normalized spacial score (nSPS) is 11.5. The number of benzene rings is 1. The zero-order valence-electron chi connectivity index (χ0n) is 12.1. The van der Waals surface area contributed by atoms with Crippen molar-refractivity contribution < 1.29 is 4.79 Å². The lowest BCUT2D eigenvalue weighted by molar-refractivity contribution is -0.112. The quantitative estimate of drug-likeness (QED) is 0.831. The second-order valence-electron chi connectivity index (χ2n) is 4.75. The average Bonchev–Trinajstić information content (AvgIpc) is 2.89. The van der Waals surface area contributed by atoms with Gasteiger partial charge in [0.1, 0.15) is 5.82 Å². The molecule has 0 fully saturated rings. The number of allylic oxidation sites excluding steroid dienone is 1. The molecule has 0 bridgehead atoms. The molecule has 1 aromatic carbocycles. The molecule has 0 saturated heterocycles. The summed E-state index contributed by atoms with van der Waals surface area (Å²) in [5, 5.41) is 7.15. The van der Waals surface area contributed by atoms with Gasteiger partial charge in [0.25, 0.3) is 5.91 Å². The maximum atomic E-state index is 12.0. The number of hydrogen-bond donors (Lipinski definition) is 1. The second-order valence-corrected chi connectivity index (χ2v) is 5.67. The number of nitrogens with one attached hydrogen (secondary N) is 1. The molecule has 1 amide bonds. The number of carbonyl (C=O) groups is 1. The van der Waals surface area contributed by atoms with Gasteiger partial charge in [0.05, 0.1) is 12.7 Å². The Balaban J connectivity index is 2.10. The first kappa shape index (κ1) is 15.5. The first-order valence-electron chi connectivity index (χ1n) is 6.84. The van der Waals surface area contributed by atoms with Gasteiger partial charge in [-0.15, -0.1) is 0 Å². The minimum atomic E-state index is -0.0885. The minimum absolute atomic E-state index is 0.0885. The van der Waals surface area contributed by atoms with Gasteiger partial charge in [-0.05, 0) is 31.0 Å². The fourth-order valence-electron chi connectivity index (χ4n) is 1.94. The van der Waals surface area contributed by atoms with Crippen molar-refractivity contribution in [3.8, 4) is 0 Å². The van der Waals surface area contributed by atoms with E-state index in [-0.39, 0.29) is 5.91 Å². The van der Waals surface area contributed by atoms with Crippen LogP contribution < -0.4 is 5.32 Å². The summed E-state index contributed by atoms with van der Waals surface area (Å²) in [7, 11) is 0. The maximum absolute atomic E-state index is 12.0. The Morgan fingerprint density at radius 3 is 2.71 bits per heavy atom. The van der Waals surface area contributed by atoms with Crippen LogP contribution in [0.25, 0.3) is 0 Å². The van der Waals surface area contributed by atoms with Gasteiger partial charge in [-0.1, -0.05) is 41.1 Å². The van der Waals surface area contributed by atoms with E-state index in [1.807, 2.05) is 44.2 Å². The third-order valence-electron chi connectivity index (χ3n) is 3.07. The van der Waals surface area contributed by atoms with E-state index in [0.717, 1.165) is 16.5 Å². The highest BCUT2D eigenvalue weighted by molar-refractivity contribution is 9.10. The molecule has 0 aliphatic heterocycles. The SMILES string of the molecule is CC/C=C(/C)C(=O)Nc1ccnn1Cc1ccc(Br)cc1. The van der Waals surface area contributed by atoms with Crippen LogP contribution in [-0.4, -0.2) is 15.7 Å². The lowest BCUT2D eigenvalue weighted by Gasteiger charge is -2.09. The molecule has 21 heavy (non-hydrogen) atoms. The van der Waals surface area contributed by atoms with Crippen molar-refractivity contribution >= 4 is 27.7 Å². The molecule has 0 spiro atoms. The summed E-state index contributed by atoms with van der Waals surface area (Å²) in [5.41, 5.74) is 1.84. The van der Waals surface area contributed by atoms with Crippen LogP contribution >= 0.6 is 15.9 Å². The van der Waals surface area contributed by atoms with E-state index in [9.17, 15) is 4.79 Å². The fourth-order valence-corrected chi connectivity index (χ4v) is 2.21. The minimum Gasteiger partial charge on any atom is -0.307 e. The molecule has 1 aromatic heterocycles. The Morgan fingerprint density at radius 1 is 1.33 bits per heavy atom. The molecule has 0 atom stereocenters. The third kappa shape index (κ3) is 4.29. The summed E-state index contributed by atoms with van der Waals surface area (Å²) in [6.07, 6.45) is 4.44. The van der Waals surface area contributed by atoms with Crippen molar-refractivity contribution in [1.29, 1.82) is 0 Å². The highest BCUT2D eigenvalue weighted by Crippen LogP contribution is 2.14. The first-order valence-corrected chi connectivity index (χ1v) is 7.64. The number of carbonyl (C=O) groups excluding carboxylic acids is 1. The molecule has 1 N–H and O–H groups in total. The number of aromatic nitrogens is 2. The van der Waals surface area contributed by atoms with Gasteiger partial charge in [-0.3, -0.25) is 4.79 Å². The second kappa shape index (κ2) is 7.22. The zero-order valence-corrected chi connectivity index (χ0v) is 13.7. The molecule has 4 nitrogen and oxygen atoms in total. The number of hydrogen-bond acceptors (Lipinski definition) is 2. The van der Waals surface area contributed by atoms with Gasteiger partial charge in [0.15, 0.2) is 0 Å². The Labute approximate surface area is 133 Å². The van der Waals surface area contributed by atoms with Crippen molar-refractivity contribution in [3.63, 3.8) is 0 Å². The molecule has 0 saturated carbocycles. The molecule has 2 rings (SSSR count). The van der Waals surface area contributed by atoms with Crippen LogP contribution in [0, 0.1) is 0 Å². The number of halogens is 1. The van der Waals surface area contributed by atoms with E-state index in [4.69, 9.17) is 0 Å². The Bertz CT molecular complexity index is 644. The van der Waals surface area contributed by atoms with E-state index >= 15 is 0 Å². The fraction of sp³-hybridized carbons (Fsp3) is 0.250. The standard InChI is InChI=1S/C16H18BrN3O/c1-3-4-12(2)16(21)19-15-9-10-18-20(15)11-13-5-7-14(17)8-6-13/h4-10H,3,11H2,1-2H3,(H,19,21)/b12-4-. The molecule has 0 aliphatic rings. The van der Waals surface area contributed by atoms with Crippen LogP contribution in [0.4, 0.5) is 5.82 Å². The van der Waals surface area contributed by atoms with Crippen LogP contribution in [0.2, 0.25) is 0 Å². The summed E-state index contributed by atoms with van der Waals surface area (Å²) >= 11 is 3.42. The Kier molecular flexibility index (Phi) is 5.33. The van der Waals surface area contributed by atoms with Gasteiger partial charge in [0.2, 0.25) is 0 Å². The van der Waals surface area contributed by atoms with Crippen LogP contribution in [0.15, 0.2) is 52.7 Å². The average molecular weight is 348 g/mol. The topological polar surface area (TPSA) is 46.9 Å². The third-order valence-corrected chi connectivity index (χ3v) is 3.60. The molecule has 1 heterocycles. The van der Waals surface area contributed by atoms with E-state index in [1.54, 1.807) is 16.9 Å². The number of anilines is 1. The van der Waals surface area contributed by atoms with Crippen LogP contribution in [0.3, 0.4) is 0 Å². The summed E-state index contributed by atoms with van der Waals surface area (Å²) in [6.45, 7) is 4.44. The molecule has 110 valence electrons. The first-order chi connectivity index (χ1) is 10.1. The zero-order chi connectivity index (χ0) is 15.2. The van der Waals surface area contributed by atoms with E-state index < -0.39 is 0 Å². The van der Waals surface area contributed by atoms with Gasteiger partial charge >= 0.3 is 0 Å². The molecule has 0 radical (unpaired) electrons. The summed E-state index contributed by atoms with van der Waals surface area (Å²) in [4.78, 5) is 12.0. The Hall–Kier alpha value is -1.88. The van der Waals surface area contributed by atoms with Crippen molar-refractivity contribution in [2.75, 3.05) is 5.32 Å². The Morgan fingerprint density at radius 2 is 2.05 bits per heavy atom. The van der Waals surface area contributed by atoms with Gasteiger partial charge in [-0.2, -0.15) is 5.10 Å². The van der Waals surface area contributed by atoms with Gasteiger partial charge < -0.3 is 5.32 Å². The van der Waals surface area contributed by atoms with Crippen LogP contribution in [-0.2, 0) is 11.3 Å². The van der Waals surface area contributed by atoms with Crippen molar-refractivity contribution in [2.45, 2.75) is 26.8 Å². The predicted molar refractivity (Wildman–Crippen MR) is 88.1 cm³/mol. The lowest BCUT2D eigenvalue weighted by Crippen LogP contribution is -2.16. The smallest absolute Gasteiger partial charge is 0.252 e. The van der Waals surface area contributed by atoms with Crippen molar-refractivity contribution in [3.05, 3.63) is 58.2 Å². The molecule has 5 heteroatoms. The van der Waals surface area contributed by atoms with Gasteiger partial charge in [-0.25, -0.2) is 4.68 Å². The number of nitrogens with zero attached hydrogens (tertiary/aromatic N) is 2. The summed E-state index contributed by atoms with van der Waals surface area (Å²) in [6, 6.07) is 9.84. The highest BCUT2D eigenvalue weighted by Gasteiger charge is 2.09. The molecule has 0 aliphatic carbocycles. The largest absolute Gasteiger partial charge is 0.307 e. The van der Waals surface area contributed by atoms with Crippen molar-refractivity contribution in [1.82, 2.24) is 9.78 Å². The number of amides is 1. The van der Waals surface area contributed by atoms with Crippen molar-refractivity contribution in [2.24, 2.45) is 0 Å². The molecular weight excluding hydrogens is 330 g/mol. The lowest BCUT2D eigenvalue weighted by atomic mass is 10.2. The predicted octanol–water partition coefficient (Wildman–Crippen LogP) is 3.99. The van der Waals surface area contributed by atoms with Crippen LogP contribution in [0.5, 0.6) is 0 Å². The molecular formula is C16H18BrN3O. The number of rotatable bonds is 5.